The largest absolute Gasteiger partial charge is 0.340 e. The van der Waals surface area contributed by atoms with Crippen LogP contribution >= 0.6 is 22.9 Å². The molecule has 0 N–H and O–H groups in total. The number of amides is 2. The van der Waals surface area contributed by atoms with Crippen molar-refractivity contribution in [3.05, 3.63) is 56.7 Å². The van der Waals surface area contributed by atoms with Gasteiger partial charge in [0.05, 0.1) is 12.6 Å². The van der Waals surface area contributed by atoms with Gasteiger partial charge in [-0.2, -0.15) is 0 Å². The second kappa shape index (κ2) is 9.54. The summed E-state index contributed by atoms with van der Waals surface area (Å²) in [4.78, 5) is 33.6. The molecule has 0 bridgehead atoms. The third-order valence-electron chi connectivity index (χ3n) is 6.37. The SMILES string of the molecule is CC(C)(C)C(=O)N1CCCN(C(=O)CN2CCc3sccc3C2c2ccc(Cl)cc2)CC1. The first kappa shape index (κ1) is 23.3. The molecule has 4 rings (SSSR count). The molecular weight excluding hydrogens is 442 g/mol. The van der Waals surface area contributed by atoms with Crippen molar-refractivity contribution in [2.45, 2.75) is 39.7 Å². The van der Waals surface area contributed by atoms with E-state index in [0.717, 1.165) is 31.0 Å². The molecule has 1 aromatic heterocycles. The average molecular weight is 474 g/mol. The van der Waals surface area contributed by atoms with Crippen LogP contribution in [0.2, 0.25) is 5.02 Å². The number of nitrogens with zero attached hydrogens (tertiary/aromatic N) is 3. The fraction of sp³-hybridized carbons (Fsp3) is 0.520. The smallest absolute Gasteiger partial charge is 0.236 e. The van der Waals surface area contributed by atoms with Gasteiger partial charge in [-0.05, 0) is 47.5 Å². The second-order valence-electron chi connectivity index (χ2n) is 9.75. The van der Waals surface area contributed by atoms with E-state index in [9.17, 15) is 9.59 Å². The summed E-state index contributed by atoms with van der Waals surface area (Å²) in [6, 6.07) is 10.2. The van der Waals surface area contributed by atoms with E-state index in [0.29, 0.717) is 26.2 Å². The van der Waals surface area contributed by atoms with Gasteiger partial charge in [-0.15, -0.1) is 11.3 Å². The highest BCUT2D eigenvalue weighted by Gasteiger charge is 2.33. The second-order valence-corrected chi connectivity index (χ2v) is 11.2. The van der Waals surface area contributed by atoms with E-state index >= 15 is 0 Å². The van der Waals surface area contributed by atoms with E-state index in [1.54, 1.807) is 11.3 Å². The Morgan fingerprint density at radius 2 is 1.69 bits per heavy atom. The summed E-state index contributed by atoms with van der Waals surface area (Å²) in [7, 11) is 0. The number of carbonyl (C=O) groups is 2. The maximum absolute atomic E-state index is 13.3. The molecule has 172 valence electrons. The highest BCUT2D eigenvalue weighted by Crippen LogP contribution is 2.38. The van der Waals surface area contributed by atoms with Crippen LogP contribution < -0.4 is 0 Å². The summed E-state index contributed by atoms with van der Waals surface area (Å²) >= 11 is 7.93. The Morgan fingerprint density at radius 1 is 1.00 bits per heavy atom. The first-order chi connectivity index (χ1) is 15.2. The van der Waals surface area contributed by atoms with E-state index in [-0.39, 0.29) is 17.9 Å². The average Bonchev–Trinajstić information content (AvgIpc) is 3.09. The van der Waals surface area contributed by atoms with Gasteiger partial charge in [-0.25, -0.2) is 0 Å². The lowest BCUT2D eigenvalue weighted by atomic mass is 9.93. The molecule has 3 heterocycles. The molecule has 5 nitrogen and oxygen atoms in total. The zero-order valence-corrected chi connectivity index (χ0v) is 20.7. The van der Waals surface area contributed by atoms with E-state index in [4.69, 9.17) is 11.6 Å². The van der Waals surface area contributed by atoms with Crippen molar-refractivity contribution < 1.29 is 9.59 Å². The number of halogens is 1. The molecule has 32 heavy (non-hydrogen) atoms. The normalized spacial score (nSPS) is 20.1. The summed E-state index contributed by atoms with van der Waals surface area (Å²) < 4.78 is 0. The number of thiophene rings is 1. The van der Waals surface area contributed by atoms with Gasteiger partial charge < -0.3 is 9.80 Å². The molecule has 1 fully saturated rings. The van der Waals surface area contributed by atoms with Crippen molar-refractivity contribution in [1.29, 1.82) is 0 Å². The molecule has 2 aliphatic rings. The number of rotatable bonds is 3. The molecule has 7 heteroatoms. The summed E-state index contributed by atoms with van der Waals surface area (Å²) in [6.45, 7) is 9.73. The van der Waals surface area contributed by atoms with Crippen molar-refractivity contribution in [2.75, 3.05) is 39.3 Å². The van der Waals surface area contributed by atoms with Crippen LogP contribution in [0.3, 0.4) is 0 Å². The molecule has 2 amide bonds. The minimum atomic E-state index is -0.392. The monoisotopic (exact) mass is 473 g/mol. The Kier molecular flexibility index (Phi) is 6.94. The lowest BCUT2D eigenvalue weighted by molar-refractivity contribution is -0.140. The van der Waals surface area contributed by atoms with E-state index in [1.807, 2.05) is 42.7 Å². The quantitative estimate of drug-likeness (QED) is 0.661. The standard InChI is InChI=1S/C25H32ClN3O2S/c1-25(2,3)24(31)28-12-4-11-27(14-15-28)22(30)17-29-13-9-21-20(10-16-32-21)23(29)18-5-7-19(26)8-6-18/h5-8,10,16,23H,4,9,11-15,17H2,1-3H3. The van der Waals surface area contributed by atoms with Gasteiger partial charge in [-0.3, -0.25) is 14.5 Å². The molecule has 1 aromatic carbocycles. The minimum Gasteiger partial charge on any atom is -0.340 e. The van der Waals surface area contributed by atoms with Gasteiger partial charge in [0.1, 0.15) is 0 Å². The van der Waals surface area contributed by atoms with Crippen LogP contribution in [-0.2, 0) is 16.0 Å². The van der Waals surface area contributed by atoms with Crippen molar-refractivity contribution in [2.24, 2.45) is 5.41 Å². The highest BCUT2D eigenvalue weighted by molar-refractivity contribution is 7.10. The van der Waals surface area contributed by atoms with Gasteiger partial charge >= 0.3 is 0 Å². The zero-order valence-electron chi connectivity index (χ0n) is 19.1. The van der Waals surface area contributed by atoms with E-state index in [1.165, 1.54) is 16.0 Å². The molecule has 0 aliphatic carbocycles. The van der Waals surface area contributed by atoms with Crippen LogP contribution in [0.5, 0.6) is 0 Å². The number of benzene rings is 1. The van der Waals surface area contributed by atoms with Gasteiger partial charge in [-0.1, -0.05) is 44.5 Å². The first-order valence-electron chi connectivity index (χ1n) is 11.4. The van der Waals surface area contributed by atoms with Gasteiger partial charge in [0.15, 0.2) is 0 Å². The topological polar surface area (TPSA) is 43.9 Å². The third kappa shape index (κ3) is 5.03. The summed E-state index contributed by atoms with van der Waals surface area (Å²) in [6.07, 6.45) is 1.79. The Bertz CT molecular complexity index is 966. The third-order valence-corrected chi connectivity index (χ3v) is 7.62. The highest BCUT2D eigenvalue weighted by atomic mass is 35.5. The zero-order chi connectivity index (χ0) is 22.9. The predicted octanol–water partition coefficient (Wildman–Crippen LogP) is 4.46. The van der Waals surface area contributed by atoms with Gasteiger partial charge in [0.2, 0.25) is 11.8 Å². The van der Waals surface area contributed by atoms with Crippen LogP contribution in [0.1, 0.15) is 49.2 Å². The predicted molar refractivity (Wildman–Crippen MR) is 130 cm³/mol. The van der Waals surface area contributed by atoms with Crippen LogP contribution in [0.4, 0.5) is 0 Å². The number of carbonyl (C=O) groups excluding carboxylic acids is 2. The minimum absolute atomic E-state index is 0.0668. The van der Waals surface area contributed by atoms with Crippen molar-refractivity contribution in [3.8, 4) is 0 Å². The van der Waals surface area contributed by atoms with E-state index < -0.39 is 5.41 Å². The number of hydrogen-bond acceptors (Lipinski definition) is 4. The molecule has 1 unspecified atom stereocenters. The molecule has 1 atom stereocenters. The molecular formula is C25H32ClN3O2S. The Hall–Kier alpha value is -1.89. The van der Waals surface area contributed by atoms with Crippen molar-refractivity contribution in [1.82, 2.24) is 14.7 Å². The fourth-order valence-electron chi connectivity index (χ4n) is 4.69. The number of fused-ring (bicyclic) bond motifs is 1. The van der Waals surface area contributed by atoms with Crippen LogP contribution in [0.15, 0.2) is 35.7 Å². The summed E-state index contributed by atoms with van der Waals surface area (Å²) in [5, 5.41) is 2.87. The lowest BCUT2D eigenvalue weighted by Gasteiger charge is -2.37. The van der Waals surface area contributed by atoms with Gasteiger partial charge in [0, 0.05) is 48.0 Å². The van der Waals surface area contributed by atoms with Crippen LogP contribution in [-0.4, -0.2) is 65.8 Å². The molecule has 1 saturated heterocycles. The summed E-state index contributed by atoms with van der Waals surface area (Å²) in [5.41, 5.74) is 2.07. The fourth-order valence-corrected chi connectivity index (χ4v) is 5.72. The molecule has 2 aliphatic heterocycles. The van der Waals surface area contributed by atoms with E-state index in [2.05, 4.69) is 28.5 Å². The molecule has 0 radical (unpaired) electrons. The maximum atomic E-state index is 13.3. The molecule has 2 aromatic rings. The first-order valence-corrected chi connectivity index (χ1v) is 12.6. The molecule has 0 saturated carbocycles. The van der Waals surface area contributed by atoms with Crippen molar-refractivity contribution >= 4 is 34.8 Å². The summed E-state index contributed by atoms with van der Waals surface area (Å²) in [5.74, 6) is 0.309. The van der Waals surface area contributed by atoms with Crippen molar-refractivity contribution in [3.63, 3.8) is 0 Å². The van der Waals surface area contributed by atoms with Crippen LogP contribution in [0, 0.1) is 5.41 Å². The Balaban J connectivity index is 1.47. The maximum Gasteiger partial charge on any atom is 0.236 e. The Morgan fingerprint density at radius 3 is 2.41 bits per heavy atom. The lowest BCUT2D eigenvalue weighted by Crippen LogP contribution is -2.46. The number of hydrogen-bond donors (Lipinski definition) is 0. The van der Waals surface area contributed by atoms with Gasteiger partial charge in [0.25, 0.3) is 0 Å². The Labute approximate surface area is 199 Å². The van der Waals surface area contributed by atoms with Crippen LogP contribution in [0.25, 0.3) is 0 Å². The molecule has 0 spiro atoms.